The number of aliphatic imine (C=N–C) groups is 1. The molecular formula is C16H9Cl2IN2OS. The molecule has 0 atom stereocenters. The predicted molar refractivity (Wildman–Crippen MR) is 106 cm³/mol. The molecule has 1 fully saturated rings. The molecule has 1 aliphatic heterocycles. The van der Waals surface area contributed by atoms with Crippen molar-refractivity contribution in [2.45, 2.75) is 0 Å². The molecule has 116 valence electrons. The second kappa shape index (κ2) is 7.25. The molecule has 0 saturated carbocycles. The summed E-state index contributed by atoms with van der Waals surface area (Å²) in [5, 5.41) is 4.36. The molecule has 0 radical (unpaired) electrons. The Morgan fingerprint density at radius 1 is 1.17 bits per heavy atom. The quantitative estimate of drug-likeness (QED) is 0.461. The van der Waals surface area contributed by atoms with E-state index in [2.05, 4.69) is 32.9 Å². The lowest BCUT2D eigenvalue weighted by Crippen LogP contribution is -2.19. The van der Waals surface area contributed by atoms with Crippen molar-refractivity contribution in [2.75, 3.05) is 0 Å². The van der Waals surface area contributed by atoms with Crippen LogP contribution < -0.4 is 5.32 Å². The molecule has 0 aromatic heterocycles. The summed E-state index contributed by atoms with van der Waals surface area (Å²) in [5.74, 6) is -0.189. The Bertz CT molecular complexity index is 852. The monoisotopic (exact) mass is 474 g/mol. The van der Waals surface area contributed by atoms with Gasteiger partial charge in [0.1, 0.15) is 0 Å². The molecule has 0 unspecified atom stereocenters. The van der Waals surface area contributed by atoms with Gasteiger partial charge >= 0.3 is 0 Å². The van der Waals surface area contributed by atoms with Gasteiger partial charge in [-0.15, -0.1) is 0 Å². The summed E-state index contributed by atoms with van der Waals surface area (Å²) in [6.07, 6.45) is 1.73. The predicted octanol–water partition coefficient (Wildman–Crippen LogP) is 5.49. The van der Waals surface area contributed by atoms with Crippen LogP contribution >= 0.6 is 57.6 Å². The number of thioether (sulfide) groups is 1. The van der Waals surface area contributed by atoms with E-state index in [1.54, 1.807) is 24.3 Å². The van der Waals surface area contributed by atoms with E-state index in [4.69, 9.17) is 23.2 Å². The van der Waals surface area contributed by atoms with Gasteiger partial charge in [-0.3, -0.25) is 4.79 Å². The molecule has 1 saturated heterocycles. The van der Waals surface area contributed by atoms with Gasteiger partial charge in [-0.1, -0.05) is 35.3 Å². The first-order valence-corrected chi connectivity index (χ1v) is 9.16. The standard InChI is InChI=1S/C16H9Cl2IN2OS/c17-10-5-4-9(13(18)7-10)6-14-15(22)21-16(23-14)20-12-3-1-2-11(19)8-12/h1-8H,(H,20,21,22)/b14-6+. The molecule has 1 heterocycles. The van der Waals surface area contributed by atoms with Crippen molar-refractivity contribution in [1.29, 1.82) is 0 Å². The number of amides is 1. The smallest absolute Gasteiger partial charge is 0.264 e. The fourth-order valence-electron chi connectivity index (χ4n) is 1.90. The molecule has 23 heavy (non-hydrogen) atoms. The highest BCUT2D eigenvalue weighted by molar-refractivity contribution is 14.1. The van der Waals surface area contributed by atoms with Gasteiger partial charge in [0.2, 0.25) is 0 Å². The summed E-state index contributed by atoms with van der Waals surface area (Å²) in [6.45, 7) is 0. The highest BCUT2D eigenvalue weighted by Gasteiger charge is 2.24. The van der Waals surface area contributed by atoms with Crippen molar-refractivity contribution >= 4 is 80.4 Å². The molecule has 0 aliphatic carbocycles. The summed E-state index contributed by atoms with van der Waals surface area (Å²) in [5.41, 5.74) is 1.54. The minimum atomic E-state index is -0.189. The minimum absolute atomic E-state index is 0.189. The van der Waals surface area contributed by atoms with Gasteiger partial charge in [0.05, 0.1) is 10.6 Å². The minimum Gasteiger partial charge on any atom is -0.300 e. The second-order valence-electron chi connectivity index (χ2n) is 4.63. The third-order valence-corrected chi connectivity index (χ3v) is 5.08. The van der Waals surface area contributed by atoms with Crippen molar-refractivity contribution in [1.82, 2.24) is 5.32 Å². The van der Waals surface area contributed by atoms with Crippen LogP contribution in [-0.4, -0.2) is 11.1 Å². The number of carbonyl (C=O) groups is 1. The van der Waals surface area contributed by atoms with E-state index in [1.165, 1.54) is 11.8 Å². The summed E-state index contributed by atoms with van der Waals surface area (Å²) in [6, 6.07) is 12.9. The number of carbonyl (C=O) groups excluding carboxylic acids is 1. The molecule has 0 spiro atoms. The molecular weight excluding hydrogens is 466 g/mol. The SMILES string of the molecule is O=C1NC(=Nc2cccc(I)c2)S/C1=C/c1ccc(Cl)cc1Cl. The lowest BCUT2D eigenvalue weighted by atomic mass is 10.2. The molecule has 1 amide bonds. The van der Waals surface area contributed by atoms with Gasteiger partial charge in [-0.05, 0) is 76.3 Å². The second-order valence-corrected chi connectivity index (χ2v) is 7.75. The molecule has 3 nitrogen and oxygen atoms in total. The first-order chi connectivity index (χ1) is 11.0. The summed E-state index contributed by atoms with van der Waals surface area (Å²) < 4.78 is 1.09. The number of rotatable bonds is 2. The molecule has 0 bridgehead atoms. The van der Waals surface area contributed by atoms with Gasteiger partial charge in [0, 0.05) is 13.6 Å². The van der Waals surface area contributed by atoms with Crippen LogP contribution in [0.4, 0.5) is 5.69 Å². The van der Waals surface area contributed by atoms with Gasteiger partial charge in [0.15, 0.2) is 5.17 Å². The van der Waals surface area contributed by atoms with E-state index in [1.807, 2.05) is 24.3 Å². The molecule has 2 aromatic carbocycles. The maximum Gasteiger partial charge on any atom is 0.264 e. The molecule has 2 aromatic rings. The van der Waals surface area contributed by atoms with E-state index in [0.717, 1.165) is 14.8 Å². The van der Waals surface area contributed by atoms with Gasteiger partial charge in [-0.2, -0.15) is 0 Å². The Morgan fingerprint density at radius 2 is 2.00 bits per heavy atom. The van der Waals surface area contributed by atoms with Crippen molar-refractivity contribution in [3.05, 3.63) is 66.5 Å². The van der Waals surface area contributed by atoms with Crippen LogP contribution in [0.2, 0.25) is 10.0 Å². The van der Waals surface area contributed by atoms with Crippen LogP contribution in [0, 0.1) is 3.57 Å². The van der Waals surface area contributed by atoms with Crippen molar-refractivity contribution in [2.24, 2.45) is 4.99 Å². The highest BCUT2D eigenvalue weighted by atomic mass is 127. The van der Waals surface area contributed by atoms with Crippen molar-refractivity contribution in [3.63, 3.8) is 0 Å². The highest BCUT2D eigenvalue weighted by Crippen LogP contribution is 2.31. The van der Waals surface area contributed by atoms with E-state index in [-0.39, 0.29) is 5.91 Å². The Labute approximate surface area is 161 Å². The molecule has 7 heteroatoms. The number of nitrogens with zero attached hydrogens (tertiary/aromatic N) is 1. The normalized spacial score (nSPS) is 17.8. The Kier molecular flexibility index (Phi) is 5.31. The third kappa shape index (κ3) is 4.29. The summed E-state index contributed by atoms with van der Waals surface area (Å²) >= 11 is 15.5. The van der Waals surface area contributed by atoms with E-state index in [9.17, 15) is 4.79 Å². The number of benzene rings is 2. The average molecular weight is 475 g/mol. The van der Waals surface area contributed by atoms with Gasteiger partial charge < -0.3 is 5.32 Å². The van der Waals surface area contributed by atoms with Crippen molar-refractivity contribution in [3.8, 4) is 0 Å². The lowest BCUT2D eigenvalue weighted by molar-refractivity contribution is -0.115. The number of nitrogens with one attached hydrogen (secondary N) is 1. The first-order valence-electron chi connectivity index (χ1n) is 6.51. The van der Waals surface area contributed by atoms with Crippen LogP contribution in [0.25, 0.3) is 6.08 Å². The fraction of sp³-hybridized carbons (Fsp3) is 0. The lowest BCUT2D eigenvalue weighted by Gasteiger charge is -1.99. The third-order valence-electron chi connectivity index (χ3n) is 2.94. The molecule has 1 N–H and O–H groups in total. The van der Waals surface area contributed by atoms with Crippen molar-refractivity contribution < 1.29 is 4.79 Å². The first kappa shape index (κ1) is 16.8. The maximum atomic E-state index is 12.1. The zero-order valence-electron chi connectivity index (χ0n) is 11.5. The number of amidine groups is 1. The fourth-order valence-corrected chi connectivity index (χ4v) is 3.73. The molecule has 1 aliphatic rings. The van der Waals surface area contributed by atoms with Crippen LogP contribution in [0.15, 0.2) is 52.4 Å². The van der Waals surface area contributed by atoms with E-state index < -0.39 is 0 Å². The average Bonchev–Trinajstić information content (AvgIpc) is 2.82. The summed E-state index contributed by atoms with van der Waals surface area (Å²) in [7, 11) is 0. The summed E-state index contributed by atoms with van der Waals surface area (Å²) in [4.78, 5) is 17.1. The van der Waals surface area contributed by atoms with Gasteiger partial charge in [-0.25, -0.2) is 4.99 Å². The number of hydrogen-bond donors (Lipinski definition) is 1. The zero-order valence-corrected chi connectivity index (χ0v) is 16.0. The van der Waals surface area contributed by atoms with Crippen LogP contribution in [0.3, 0.4) is 0 Å². The maximum absolute atomic E-state index is 12.1. The Morgan fingerprint density at radius 3 is 2.74 bits per heavy atom. The van der Waals surface area contributed by atoms with E-state index in [0.29, 0.717) is 20.1 Å². The van der Waals surface area contributed by atoms with Crippen LogP contribution in [0.5, 0.6) is 0 Å². The van der Waals surface area contributed by atoms with E-state index >= 15 is 0 Å². The zero-order chi connectivity index (χ0) is 16.4. The Balaban J connectivity index is 1.86. The van der Waals surface area contributed by atoms with Gasteiger partial charge in [0.25, 0.3) is 5.91 Å². The van der Waals surface area contributed by atoms with Crippen LogP contribution in [-0.2, 0) is 4.79 Å². The number of halogens is 3. The molecule has 3 rings (SSSR count). The topological polar surface area (TPSA) is 41.5 Å². The Hall–Kier alpha value is -1.02. The largest absolute Gasteiger partial charge is 0.300 e. The number of hydrogen-bond acceptors (Lipinski definition) is 3. The van der Waals surface area contributed by atoms with Crippen LogP contribution in [0.1, 0.15) is 5.56 Å².